The minimum absolute atomic E-state index is 0.260. The highest BCUT2D eigenvalue weighted by Crippen LogP contribution is 2.34. The van der Waals surface area contributed by atoms with Gasteiger partial charge in [0.25, 0.3) is 11.1 Å². The predicted octanol–water partition coefficient (Wildman–Crippen LogP) is 3.45. The number of ether oxygens (including phenoxy) is 2. The third-order valence-corrected chi connectivity index (χ3v) is 5.09. The van der Waals surface area contributed by atoms with Gasteiger partial charge in [-0.25, -0.2) is 4.79 Å². The summed E-state index contributed by atoms with van der Waals surface area (Å²) in [6, 6.07) is 4.46. The van der Waals surface area contributed by atoms with Gasteiger partial charge in [-0.2, -0.15) is 0 Å². The summed E-state index contributed by atoms with van der Waals surface area (Å²) in [4.78, 5) is 37.3. The lowest BCUT2D eigenvalue weighted by Gasteiger charge is -2.18. The number of amides is 2. The van der Waals surface area contributed by atoms with Crippen molar-refractivity contribution in [2.24, 2.45) is 0 Å². The van der Waals surface area contributed by atoms with Crippen LogP contribution in [-0.2, 0) is 14.3 Å². The molecule has 132 valence electrons. The number of halogens is 1. The summed E-state index contributed by atoms with van der Waals surface area (Å²) in [7, 11) is 1.21. The fourth-order valence-electron chi connectivity index (χ4n) is 2.11. The van der Waals surface area contributed by atoms with Crippen LogP contribution >= 0.6 is 34.4 Å². The first-order chi connectivity index (χ1) is 11.9. The number of imide groups is 1. The maximum Gasteiger partial charge on any atom is 0.328 e. The van der Waals surface area contributed by atoms with Gasteiger partial charge in [0.15, 0.2) is 0 Å². The second-order valence-electron chi connectivity index (χ2n) is 5.04. The molecule has 8 heteroatoms. The quantitative estimate of drug-likeness (QED) is 0.273. The van der Waals surface area contributed by atoms with Crippen LogP contribution in [0.3, 0.4) is 0 Å². The van der Waals surface area contributed by atoms with E-state index in [1.807, 2.05) is 6.07 Å². The monoisotopic (exact) mass is 473 g/mol. The highest BCUT2D eigenvalue weighted by molar-refractivity contribution is 14.1. The van der Waals surface area contributed by atoms with Crippen LogP contribution in [0, 0.1) is 3.57 Å². The Morgan fingerprint density at radius 2 is 2.16 bits per heavy atom. The van der Waals surface area contributed by atoms with E-state index < -0.39 is 23.2 Å². The standard InChI is InChI=1S/C17H16INO5S/c1-4-7-24-13-6-5-11(8-12(13)18)9-14-15(20)19(17(22)25-14)10(2)16(21)23-3/h4-6,8-10H,1,7H2,2-3H3/b14-9+/t10-/m1/s1. The molecule has 0 aromatic heterocycles. The van der Waals surface area contributed by atoms with Crippen molar-refractivity contribution in [3.05, 3.63) is 44.9 Å². The summed E-state index contributed by atoms with van der Waals surface area (Å²) < 4.78 is 11.0. The molecule has 0 N–H and O–H groups in total. The van der Waals surface area contributed by atoms with Crippen molar-refractivity contribution >= 4 is 57.5 Å². The summed E-state index contributed by atoms with van der Waals surface area (Å²) in [5, 5.41) is -0.491. The SMILES string of the molecule is C=CCOc1ccc(/C=C2/SC(=O)N([C@H](C)C(=O)OC)C2=O)cc1I. The van der Waals surface area contributed by atoms with Crippen LogP contribution in [0.25, 0.3) is 6.08 Å². The van der Waals surface area contributed by atoms with E-state index in [2.05, 4.69) is 33.9 Å². The zero-order chi connectivity index (χ0) is 18.6. The van der Waals surface area contributed by atoms with Crippen molar-refractivity contribution in [3.8, 4) is 5.75 Å². The van der Waals surface area contributed by atoms with Gasteiger partial charge in [-0.05, 0) is 65.0 Å². The number of thioether (sulfide) groups is 1. The first-order valence-corrected chi connectivity index (χ1v) is 9.16. The van der Waals surface area contributed by atoms with Crippen LogP contribution in [0.4, 0.5) is 4.79 Å². The van der Waals surface area contributed by atoms with Gasteiger partial charge in [0.1, 0.15) is 18.4 Å². The van der Waals surface area contributed by atoms with Crippen molar-refractivity contribution in [2.75, 3.05) is 13.7 Å². The van der Waals surface area contributed by atoms with Crippen molar-refractivity contribution in [1.29, 1.82) is 0 Å². The van der Waals surface area contributed by atoms with Crippen molar-refractivity contribution < 1.29 is 23.9 Å². The molecule has 1 aromatic carbocycles. The van der Waals surface area contributed by atoms with Gasteiger partial charge < -0.3 is 9.47 Å². The molecule has 0 radical (unpaired) electrons. The highest BCUT2D eigenvalue weighted by Gasteiger charge is 2.41. The Balaban J connectivity index is 2.23. The van der Waals surface area contributed by atoms with Crippen LogP contribution in [0.2, 0.25) is 0 Å². The number of methoxy groups -OCH3 is 1. The largest absolute Gasteiger partial charge is 0.488 e. The van der Waals surface area contributed by atoms with Crippen LogP contribution < -0.4 is 4.74 Å². The molecule has 2 amide bonds. The predicted molar refractivity (Wildman–Crippen MR) is 104 cm³/mol. The molecule has 1 aliphatic heterocycles. The van der Waals surface area contributed by atoms with E-state index >= 15 is 0 Å². The fourth-order valence-corrected chi connectivity index (χ4v) is 3.72. The number of rotatable bonds is 6. The van der Waals surface area contributed by atoms with E-state index in [9.17, 15) is 14.4 Å². The fraction of sp³-hybridized carbons (Fsp3) is 0.235. The zero-order valence-corrected chi connectivity index (χ0v) is 16.6. The van der Waals surface area contributed by atoms with Gasteiger partial charge in [-0.15, -0.1) is 0 Å². The molecule has 0 unspecified atom stereocenters. The van der Waals surface area contributed by atoms with E-state index in [0.29, 0.717) is 12.4 Å². The Morgan fingerprint density at radius 1 is 1.44 bits per heavy atom. The van der Waals surface area contributed by atoms with E-state index in [0.717, 1.165) is 25.8 Å². The summed E-state index contributed by atoms with van der Waals surface area (Å²) in [6.07, 6.45) is 3.27. The number of nitrogens with zero attached hydrogens (tertiary/aromatic N) is 1. The summed E-state index contributed by atoms with van der Waals surface area (Å²) in [5.74, 6) is -0.429. The average molecular weight is 473 g/mol. The molecule has 1 saturated heterocycles. The van der Waals surface area contributed by atoms with Crippen molar-refractivity contribution in [3.63, 3.8) is 0 Å². The number of benzene rings is 1. The van der Waals surface area contributed by atoms with Gasteiger partial charge in [0, 0.05) is 0 Å². The zero-order valence-electron chi connectivity index (χ0n) is 13.7. The van der Waals surface area contributed by atoms with Gasteiger partial charge >= 0.3 is 5.97 Å². The molecule has 2 rings (SSSR count). The molecule has 0 aliphatic carbocycles. The molecular formula is C17H16INO5S. The first-order valence-electron chi connectivity index (χ1n) is 7.27. The van der Waals surface area contributed by atoms with Crippen molar-refractivity contribution in [2.45, 2.75) is 13.0 Å². The van der Waals surface area contributed by atoms with E-state index in [-0.39, 0.29) is 4.91 Å². The molecule has 1 aromatic rings. The number of carbonyl (C=O) groups is 3. The maximum atomic E-state index is 12.4. The lowest BCUT2D eigenvalue weighted by Crippen LogP contribution is -2.42. The Morgan fingerprint density at radius 3 is 2.76 bits per heavy atom. The Hall–Kier alpha value is -1.81. The summed E-state index contributed by atoms with van der Waals surface area (Å²) in [5.41, 5.74) is 0.756. The van der Waals surface area contributed by atoms with E-state index in [1.54, 1.807) is 24.3 Å². The van der Waals surface area contributed by atoms with Gasteiger partial charge in [0.2, 0.25) is 0 Å². The highest BCUT2D eigenvalue weighted by atomic mass is 127. The molecule has 25 heavy (non-hydrogen) atoms. The summed E-state index contributed by atoms with van der Waals surface area (Å²) >= 11 is 2.93. The second-order valence-corrected chi connectivity index (χ2v) is 7.20. The molecule has 0 saturated carbocycles. The van der Waals surface area contributed by atoms with E-state index in [1.165, 1.54) is 14.0 Å². The lowest BCUT2D eigenvalue weighted by molar-refractivity contribution is -0.148. The third kappa shape index (κ3) is 4.43. The topological polar surface area (TPSA) is 72.9 Å². The number of hydrogen-bond donors (Lipinski definition) is 0. The lowest BCUT2D eigenvalue weighted by atomic mass is 10.2. The van der Waals surface area contributed by atoms with Crippen LogP contribution in [-0.4, -0.2) is 41.8 Å². The molecule has 0 bridgehead atoms. The van der Waals surface area contributed by atoms with Crippen LogP contribution in [0.15, 0.2) is 35.8 Å². The molecule has 0 spiro atoms. The van der Waals surface area contributed by atoms with Crippen LogP contribution in [0.1, 0.15) is 12.5 Å². The number of esters is 1. The molecule has 1 heterocycles. The normalized spacial score (nSPS) is 16.9. The molecule has 1 fully saturated rings. The molecule has 1 aliphatic rings. The minimum atomic E-state index is -0.960. The number of hydrogen-bond acceptors (Lipinski definition) is 6. The Labute approximate surface area is 163 Å². The second kappa shape index (κ2) is 8.52. The third-order valence-electron chi connectivity index (χ3n) is 3.36. The van der Waals surface area contributed by atoms with Gasteiger partial charge in [-0.3, -0.25) is 14.5 Å². The molecular weight excluding hydrogens is 457 g/mol. The van der Waals surface area contributed by atoms with Gasteiger partial charge in [0.05, 0.1) is 15.6 Å². The first kappa shape index (κ1) is 19.5. The Bertz CT molecular complexity index is 761. The summed E-state index contributed by atoms with van der Waals surface area (Å²) in [6.45, 7) is 5.46. The van der Waals surface area contributed by atoms with Crippen LogP contribution in [0.5, 0.6) is 5.75 Å². The smallest absolute Gasteiger partial charge is 0.328 e. The minimum Gasteiger partial charge on any atom is -0.488 e. The molecule has 6 nitrogen and oxygen atoms in total. The maximum absolute atomic E-state index is 12.4. The van der Waals surface area contributed by atoms with Crippen molar-refractivity contribution in [1.82, 2.24) is 4.90 Å². The van der Waals surface area contributed by atoms with E-state index in [4.69, 9.17) is 4.74 Å². The average Bonchev–Trinajstić information content (AvgIpc) is 2.86. The molecule has 1 atom stereocenters. The Kier molecular flexibility index (Phi) is 6.65. The van der Waals surface area contributed by atoms with Gasteiger partial charge in [-0.1, -0.05) is 18.7 Å². The number of carbonyl (C=O) groups excluding carboxylic acids is 3.